The Bertz CT molecular complexity index is 645. The molecule has 2 rings (SSSR count). The number of hydrogen-bond donors (Lipinski definition) is 0. The maximum absolute atomic E-state index is 12.5. The maximum atomic E-state index is 12.5. The van der Waals surface area contributed by atoms with Gasteiger partial charge in [0.2, 0.25) is 9.84 Å². The molecule has 0 spiro atoms. The van der Waals surface area contributed by atoms with Crippen molar-refractivity contribution < 1.29 is 8.42 Å². The predicted molar refractivity (Wildman–Crippen MR) is 77.0 cm³/mol. The van der Waals surface area contributed by atoms with Crippen molar-refractivity contribution in [2.75, 3.05) is 0 Å². The molecular weight excluding hydrogens is 256 g/mol. The van der Waals surface area contributed by atoms with Crippen LogP contribution in [0.3, 0.4) is 0 Å². The van der Waals surface area contributed by atoms with Gasteiger partial charge in [-0.05, 0) is 42.2 Å². The molecular formula is C16H18O2S. The van der Waals surface area contributed by atoms with Crippen molar-refractivity contribution in [3.63, 3.8) is 0 Å². The van der Waals surface area contributed by atoms with Gasteiger partial charge in [-0.2, -0.15) is 0 Å². The Hall–Kier alpha value is -1.61. The molecule has 19 heavy (non-hydrogen) atoms. The van der Waals surface area contributed by atoms with Crippen LogP contribution in [0.1, 0.15) is 31.7 Å². The van der Waals surface area contributed by atoms with Crippen molar-refractivity contribution in [2.45, 2.75) is 36.0 Å². The van der Waals surface area contributed by atoms with Crippen LogP contribution < -0.4 is 0 Å². The van der Waals surface area contributed by atoms with E-state index in [0.29, 0.717) is 15.7 Å². The van der Waals surface area contributed by atoms with Crippen LogP contribution in [0, 0.1) is 0 Å². The van der Waals surface area contributed by atoms with Gasteiger partial charge in [-0.1, -0.05) is 44.2 Å². The molecule has 2 nitrogen and oxygen atoms in total. The van der Waals surface area contributed by atoms with Crippen LogP contribution in [0.5, 0.6) is 0 Å². The van der Waals surface area contributed by atoms with Gasteiger partial charge in [0, 0.05) is 0 Å². The van der Waals surface area contributed by atoms with Gasteiger partial charge in [0.1, 0.15) is 0 Å². The van der Waals surface area contributed by atoms with Gasteiger partial charge in [0.25, 0.3) is 0 Å². The van der Waals surface area contributed by atoms with Gasteiger partial charge < -0.3 is 0 Å². The molecule has 100 valence electrons. The van der Waals surface area contributed by atoms with Crippen LogP contribution in [-0.4, -0.2) is 8.42 Å². The van der Waals surface area contributed by atoms with Crippen molar-refractivity contribution in [3.05, 3.63) is 60.2 Å². The van der Waals surface area contributed by atoms with E-state index < -0.39 is 9.84 Å². The van der Waals surface area contributed by atoms with E-state index in [1.807, 2.05) is 18.2 Å². The van der Waals surface area contributed by atoms with Crippen LogP contribution in [0.25, 0.3) is 0 Å². The third-order valence-corrected chi connectivity index (χ3v) is 5.17. The molecule has 0 bridgehead atoms. The minimum absolute atomic E-state index is 0.344. The molecule has 2 aromatic rings. The number of sulfone groups is 1. The second-order valence-electron chi connectivity index (χ2n) is 4.70. The highest BCUT2D eigenvalue weighted by Crippen LogP contribution is 2.25. The third kappa shape index (κ3) is 2.87. The summed E-state index contributed by atoms with van der Waals surface area (Å²) in [5.74, 6) is 0.367. The normalized spacial score (nSPS) is 13.2. The fraction of sp³-hybridized carbons (Fsp3) is 0.250. The highest BCUT2D eigenvalue weighted by molar-refractivity contribution is 7.91. The summed E-state index contributed by atoms with van der Waals surface area (Å²) in [5, 5.41) is 0. The molecule has 0 aliphatic carbocycles. The lowest BCUT2D eigenvalue weighted by molar-refractivity contribution is 0.595. The average molecular weight is 274 g/mol. The number of rotatable bonds is 4. The minimum atomic E-state index is -3.40. The largest absolute Gasteiger partial charge is 0.219 e. The summed E-state index contributed by atoms with van der Waals surface area (Å²) in [6, 6.07) is 15.8. The van der Waals surface area contributed by atoms with E-state index in [1.165, 1.54) is 0 Å². The summed E-state index contributed by atoms with van der Waals surface area (Å²) in [5.41, 5.74) is 1.07. The Morgan fingerprint density at radius 1 is 0.947 bits per heavy atom. The van der Waals surface area contributed by atoms with E-state index >= 15 is 0 Å². The summed E-state index contributed by atoms with van der Waals surface area (Å²) in [6.07, 6.45) is 0.995. The molecule has 0 aliphatic rings. The zero-order chi connectivity index (χ0) is 13.9. The first-order chi connectivity index (χ1) is 9.05. The topological polar surface area (TPSA) is 34.1 Å². The van der Waals surface area contributed by atoms with Crippen molar-refractivity contribution in [3.8, 4) is 0 Å². The summed E-state index contributed by atoms with van der Waals surface area (Å²) in [6.45, 7) is 4.21. The van der Waals surface area contributed by atoms with Gasteiger partial charge >= 0.3 is 0 Å². The fourth-order valence-corrected chi connectivity index (χ4v) is 3.30. The van der Waals surface area contributed by atoms with Crippen molar-refractivity contribution in [2.24, 2.45) is 0 Å². The minimum Gasteiger partial charge on any atom is -0.219 e. The van der Waals surface area contributed by atoms with E-state index in [2.05, 4.69) is 13.8 Å². The molecule has 0 radical (unpaired) electrons. The first kappa shape index (κ1) is 13.8. The zero-order valence-corrected chi connectivity index (χ0v) is 12.0. The highest BCUT2D eigenvalue weighted by atomic mass is 32.2. The molecule has 1 unspecified atom stereocenters. The summed E-state index contributed by atoms with van der Waals surface area (Å²) in [4.78, 5) is 0.716. The zero-order valence-electron chi connectivity index (χ0n) is 11.2. The highest BCUT2D eigenvalue weighted by Gasteiger charge is 2.18. The molecule has 0 heterocycles. The second-order valence-corrected chi connectivity index (χ2v) is 6.65. The maximum Gasteiger partial charge on any atom is 0.206 e. The van der Waals surface area contributed by atoms with Gasteiger partial charge in [0.15, 0.2) is 0 Å². The lowest BCUT2D eigenvalue weighted by atomic mass is 9.99. The molecule has 1 atom stereocenters. The van der Waals surface area contributed by atoms with E-state index in [0.717, 1.165) is 12.0 Å². The summed E-state index contributed by atoms with van der Waals surface area (Å²) < 4.78 is 25.0. The Morgan fingerprint density at radius 2 is 1.58 bits per heavy atom. The third-order valence-electron chi connectivity index (χ3n) is 3.40. The van der Waals surface area contributed by atoms with E-state index in [1.54, 1.807) is 36.4 Å². The molecule has 0 amide bonds. The molecule has 0 N–H and O–H groups in total. The van der Waals surface area contributed by atoms with Gasteiger partial charge in [-0.3, -0.25) is 0 Å². The first-order valence-electron chi connectivity index (χ1n) is 6.46. The van der Waals surface area contributed by atoms with Gasteiger partial charge in [0.05, 0.1) is 9.79 Å². The van der Waals surface area contributed by atoms with Gasteiger partial charge in [-0.15, -0.1) is 0 Å². The van der Waals surface area contributed by atoms with Crippen LogP contribution in [-0.2, 0) is 9.84 Å². The predicted octanol–water partition coefficient (Wildman–Crippen LogP) is 4.03. The SMILES string of the molecule is CCC(C)c1cccc(S(=O)(=O)c2ccccc2)c1. The quantitative estimate of drug-likeness (QED) is 0.843. The van der Waals surface area contributed by atoms with Crippen LogP contribution in [0.15, 0.2) is 64.4 Å². The monoisotopic (exact) mass is 274 g/mol. The number of hydrogen-bond acceptors (Lipinski definition) is 2. The van der Waals surface area contributed by atoms with E-state index in [9.17, 15) is 8.42 Å². The van der Waals surface area contributed by atoms with Crippen molar-refractivity contribution >= 4 is 9.84 Å². The van der Waals surface area contributed by atoms with E-state index in [-0.39, 0.29) is 0 Å². The Balaban J connectivity index is 2.48. The van der Waals surface area contributed by atoms with Crippen molar-refractivity contribution in [1.82, 2.24) is 0 Å². The Labute approximate surface area is 115 Å². The van der Waals surface area contributed by atoms with Gasteiger partial charge in [-0.25, -0.2) is 8.42 Å². The smallest absolute Gasteiger partial charge is 0.206 e. The van der Waals surface area contributed by atoms with Crippen LogP contribution in [0.4, 0.5) is 0 Å². The fourth-order valence-electron chi connectivity index (χ4n) is 1.96. The molecule has 3 heteroatoms. The molecule has 0 saturated carbocycles. The van der Waals surface area contributed by atoms with Crippen LogP contribution in [0.2, 0.25) is 0 Å². The Kier molecular flexibility index (Phi) is 4.05. The molecule has 0 aromatic heterocycles. The summed E-state index contributed by atoms with van der Waals surface area (Å²) in [7, 11) is -3.40. The lowest BCUT2D eigenvalue weighted by Gasteiger charge is -2.11. The standard InChI is InChI=1S/C16H18O2S/c1-3-13(2)14-8-7-11-16(12-14)19(17,18)15-9-5-4-6-10-15/h4-13H,3H2,1-2H3. The van der Waals surface area contributed by atoms with Crippen LogP contribution >= 0.6 is 0 Å². The van der Waals surface area contributed by atoms with Crippen molar-refractivity contribution in [1.29, 1.82) is 0 Å². The Morgan fingerprint density at radius 3 is 2.21 bits per heavy atom. The molecule has 0 aliphatic heterocycles. The number of benzene rings is 2. The molecule has 0 saturated heterocycles. The van der Waals surface area contributed by atoms with E-state index in [4.69, 9.17) is 0 Å². The molecule has 2 aromatic carbocycles. The average Bonchev–Trinajstić information content (AvgIpc) is 2.47. The lowest BCUT2D eigenvalue weighted by Crippen LogP contribution is -2.03. The first-order valence-corrected chi connectivity index (χ1v) is 7.94. The summed E-state index contributed by atoms with van der Waals surface area (Å²) >= 11 is 0. The second kappa shape index (κ2) is 5.57. The molecule has 0 fully saturated rings.